The van der Waals surface area contributed by atoms with Gasteiger partial charge < -0.3 is 15.4 Å². The van der Waals surface area contributed by atoms with Crippen molar-refractivity contribution >= 4 is 40.6 Å². The van der Waals surface area contributed by atoms with E-state index >= 15 is 0 Å². The molecule has 4 aromatic rings. The van der Waals surface area contributed by atoms with Gasteiger partial charge in [-0.2, -0.15) is 0 Å². The second-order valence-corrected chi connectivity index (χ2v) is 8.88. The van der Waals surface area contributed by atoms with Gasteiger partial charge in [0, 0.05) is 22.1 Å². The van der Waals surface area contributed by atoms with Gasteiger partial charge >= 0.3 is 0 Å². The molecule has 0 atom stereocenters. The summed E-state index contributed by atoms with van der Waals surface area (Å²) in [5.74, 6) is 1.50. The maximum absolute atomic E-state index is 12.5. The Labute approximate surface area is 207 Å². The highest BCUT2D eigenvalue weighted by molar-refractivity contribution is 7.99. The summed E-state index contributed by atoms with van der Waals surface area (Å²) in [6.07, 6.45) is 0. The lowest BCUT2D eigenvalue weighted by atomic mass is 10.2. The molecule has 0 bridgehead atoms. The van der Waals surface area contributed by atoms with Crippen molar-refractivity contribution in [2.24, 2.45) is 0 Å². The molecular formula is C25H24ClN5O2S. The summed E-state index contributed by atoms with van der Waals surface area (Å²) in [6, 6.07) is 22.8. The van der Waals surface area contributed by atoms with Gasteiger partial charge in [-0.05, 0) is 61.5 Å². The number of thioether (sulfide) groups is 1. The van der Waals surface area contributed by atoms with Crippen LogP contribution in [0.1, 0.15) is 11.4 Å². The Kier molecular flexibility index (Phi) is 7.72. The van der Waals surface area contributed by atoms with Crippen molar-refractivity contribution in [3.63, 3.8) is 0 Å². The first kappa shape index (κ1) is 23.7. The monoisotopic (exact) mass is 493 g/mol. The number of anilines is 2. The number of hydrogen-bond donors (Lipinski definition) is 2. The van der Waals surface area contributed by atoms with Gasteiger partial charge in [0.05, 0.1) is 19.4 Å². The Balaban J connectivity index is 1.52. The Morgan fingerprint density at radius 1 is 1.03 bits per heavy atom. The summed E-state index contributed by atoms with van der Waals surface area (Å²) in [5.41, 5.74) is 3.72. The van der Waals surface area contributed by atoms with Gasteiger partial charge in [0.25, 0.3) is 0 Å². The van der Waals surface area contributed by atoms with E-state index in [-0.39, 0.29) is 11.7 Å². The lowest BCUT2D eigenvalue weighted by Gasteiger charge is -2.12. The van der Waals surface area contributed by atoms with Gasteiger partial charge in [0.15, 0.2) is 11.0 Å². The van der Waals surface area contributed by atoms with Crippen molar-refractivity contribution in [3.05, 3.63) is 89.2 Å². The zero-order valence-corrected chi connectivity index (χ0v) is 20.4. The van der Waals surface area contributed by atoms with Crippen LogP contribution in [0.15, 0.2) is 78.0 Å². The number of carbonyl (C=O) groups excluding carboxylic acids is 1. The number of rotatable bonds is 9. The van der Waals surface area contributed by atoms with E-state index in [1.807, 2.05) is 41.0 Å². The molecule has 174 valence electrons. The van der Waals surface area contributed by atoms with Crippen LogP contribution in [0.25, 0.3) is 5.69 Å². The van der Waals surface area contributed by atoms with Crippen LogP contribution in [0.5, 0.6) is 5.75 Å². The van der Waals surface area contributed by atoms with E-state index < -0.39 is 0 Å². The molecule has 1 amide bonds. The molecular weight excluding hydrogens is 470 g/mol. The van der Waals surface area contributed by atoms with Crippen molar-refractivity contribution in [2.75, 3.05) is 23.5 Å². The van der Waals surface area contributed by atoms with Crippen molar-refractivity contribution in [1.29, 1.82) is 0 Å². The number of nitrogens with one attached hydrogen (secondary N) is 2. The van der Waals surface area contributed by atoms with Crippen LogP contribution < -0.4 is 15.4 Å². The Hall–Kier alpha value is -3.49. The number of carbonyl (C=O) groups is 1. The average molecular weight is 494 g/mol. The molecule has 0 unspecified atom stereocenters. The highest BCUT2D eigenvalue weighted by Crippen LogP contribution is 2.25. The van der Waals surface area contributed by atoms with Crippen molar-refractivity contribution < 1.29 is 9.53 Å². The largest absolute Gasteiger partial charge is 0.497 e. The number of aryl methyl sites for hydroxylation is 1. The van der Waals surface area contributed by atoms with Crippen LogP contribution >= 0.6 is 23.4 Å². The topological polar surface area (TPSA) is 81.1 Å². The maximum atomic E-state index is 12.5. The zero-order chi connectivity index (χ0) is 23.9. The van der Waals surface area contributed by atoms with Crippen LogP contribution in [0.4, 0.5) is 11.4 Å². The Morgan fingerprint density at radius 2 is 1.79 bits per heavy atom. The highest BCUT2D eigenvalue weighted by Gasteiger charge is 2.16. The van der Waals surface area contributed by atoms with Gasteiger partial charge in [-0.3, -0.25) is 9.36 Å². The Bertz CT molecular complexity index is 1260. The van der Waals surface area contributed by atoms with Crippen molar-refractivity contribution in [1.82, 2.24) is 14.8 Å². The number of methoxy groups -OCH3 is 1. The highest BCUT2D eigenvalue weighted by atomic mass is 35.5. The molecule has 0 saturated carbocycles. The van der Waals surface area contributed by atoms with Crippen LogP contribution in [0.3, 0.4) is 0 Å². The third-order valence-electron chi connectivity index (χ3n) is 4.97. The molecule has 7 nitrogen and oxygen atoms in total. The predicted molar refractivity (Wildman–Crippen MR) is 137 cm³/mol. The van der Waals surface area contributed by atoms with Gasteiger partial charge in [-0.25, -0.2) is 0 Å². The first-order valence-corrected chi connectivity index (χ1v) is 12.0. The van der Waals surface area contributed by atoms with Crippen LogP contribution in [-0.4, -0.2) is 33.5 Å². The van der Waals surface area contributed by atoms with Crippen LogP contribution in [0.2, 0.25) is 5.02 Å². The third kappa shape index (κ3) is 6.09. The molecule has 0 radical (unpaired) electrons. The summed E-state index contributed by atoms with van der Waals surface area (Å²) in [5, 5.41) is 16.2. The summed E-state index contributed by atoms with van der Waals surface area (Å²) in [7, 11) is 1.63. The number of nitrogens with zero attached hydrogens (tertiary/aromatic N) is 3. The predicted octanol–water partition coefficient (Wildman–Crippen LogP) is 5.58. The summed E-state index contributed by atoms with van der Waals surface area (Å²) in [4.78, 5) is 12.5. The smallest absolute Gasteiger partial charge is 0.234 e. The summed E-state index contributed by atoms with van der Waals surface area (Å²) in [6.45, 7) is 2.52. The van der Waals surface area contributed by atoms with E-state index in [1.165, 1.54) is 17.3 Å². The first-order chi connectivity index (χ1) is 16.5. The number of halogens is 1. The first-order valence-electron chi connectivity index (χ1n) is 10.6. The van der Waals surface area contributed by atoms with Gasteiger partial charge in [-0.15, -0.1) is 10.2 Å². The molecule has 0 saturated heterocycles. The second-order valence-electron chi connectivity index (χ2n) is 7.50. The molecule has 1 heterocycles. The molecule has 0 aliphatic rings. The Morgan fingerprint density at radius 3 is 2.50 bits per heavy atom. The fourth-order valence-electron chi connectivity index (χ4n) is 3.24. The number of hydrogen-bond acceptors (Lipinski definition) is 6. The van der Waals surface area contributed by atoms with E-state index in [0.29, 0.717) is 22.4 Å². The normalized spacial score (nSPS) is 10.7. The zero-order valence-electron chi connectivity index (χ0n) is 18.8. The molecule has 0 spiro atoms. The minimum Gasteiger partial charge on any atom is -0.497 e. The molecule has 0 fully saturated rings. The van der Waals surface area contributed by atoms with E-state index in [0.717, 1.165) is 22.9 Å². The summed E-state index contributed by atoms with van der Waals surface area (Å²) < 4.78 is 7.23. The van der Waals surface area contributed by atoms with Gasteiger partial charge in [0.1, 0.15) is 5.75 Å². The lowest BCUT2D eigenvalue weighted by Crippen LogP contribution is -2.15. The SMILES string of the molecule is COc1ccc(-n2c(CNc3ccc(C)cc3)nnc2SCC(=O)Nc2cccc(Cl)c2)cc1. The fraction of sp³-hybridized carbons (Fsp3) is 0.160. The standard InChI is InChI=1S/C25H24ClN5O2S/c1-17-6-8-19(9-7-17)27-15-23-29-30-25(31(23)21-10-12-22(33-2)13-11-21)34-16-24(32)28-20-5-3-4-18(26)14-20/h3-14,27H,15-16H2,1-2H3,(H,28,32). The number of benzene rings is 3. The number of aromatic nitrogens is 3. The second kappa shape index (κ2) is 11.1. The van der Waals surface area contributed by atoms with E-state index in [9.17, 15) is 4.79 Å². The van der Waals surface area contributed by atoms with E-state index in [4.69, 9.17) is 16.3 Å². The van der Waals surface area contributed by atoms with Crippen LogP contribution in [0, 0.1) is 6.92 Å². The molecule has 3 aromatic carbocycles. The average Bonchev–Trinajstić information content (AvgIpc) is 3.25. The minimum atomic E-state index is -0.157. The number of ether oxygens (including phenoxy) is 1. The van der Waals surface area contributed by atoms with E-state index in [1.54, 1.807) is 31.4 Å². The molecule has 2 N–H and O–H groups in total. The van der Waals surface area contributed by atoms with Gasteiger partial charge in [0.2, 0.25) is 5.91 Å². The van der Waals surface area contributed by atoms with Crippen molar-refractivity contribution in [3.8, 4) is 11.4 Å². The van der Waals surface area contributed by atoms with Crippen molar-refractivity contribution in [2.45, 2.75) is 18.6 Å². The van der Waals surface area contributed by atoms with Gasteiger partial charge in [-0.1, -0.05) is 47.1 Å². The molecule has 0 aliphatic carbocycles. The van der Waals surface area contributed by atoms with Crippen LogP contribution in [-0.2, 0) is 11.3 Å². The molecule has 34 heavy (non-hydrogen) atoms. The molecule has 4 rings (SSSR count). The molecule has 0 aliphatic heterocycles. The minimum absolute atomic E-state index is 0.157. The quantitative estimate of drug-likeness (QED) is 0.296. The fourth-order valence-corrected chi connectivity index (χ4v) is 4.21. The van der Waals surface area contributed by atoms with E-state index in [2.05, 4.69) is 39.9 Å². The lowest BCUT2D eigenvalue weighted by molar-refractivity contribution is -0.113. The number of amides is 1. The molecule has 9 heteroatoms. The third-order valence-corrected chi connectivity index (χ3v) is 6.14. The maximum Gasteiger partial charge on any atom is 0.234 e. The summed E-state index contributed by atoms with van der Waals surface area (Å²) >= 11 is 7.32. The molecule has 1 aromatic heterocycles.